The molecule has 0 aliphatic heterocycles. The largest absolute Gasteiger partial charge is 1.00 e. The summed E-state index contributed by atoms with van der Waals surface area (Å²) in [5.74, 6) is 0. The molecule has 0 fully saturated rings. The van der Waals surface area contributed by atoms with Crippen LogP contribution in [0.2, 0.25) is 0 Å². The second-order valence-electron chi connectivity index (χ2n) is 1.41. The molecule has 0 saturated heterocycles. The fourth-order valence-electron chi connectivity index (χ4n) is 0.329. The summed E-state index contributed by atoms with van der Waals surface area (Å²) in [7, 11) is -3.97. The Bertz CT molecular complexity index is 332. The van der Waals surface area contributed by atoms with Gasteiger partial charge in [0.1, 0.15) is 10.0 Å². The van der Waals surface area contributed by atoms with E-state index in [9.17, 15) is 8.42 Å². The first-order chi connectivity index (χ1) is 4.50. The first kappa shape index (κ1) is 11.3. The molecule has 0 amide bonds. The van der Waals surface area contributed by atoms with Gasteiger partial charge in [-0.05, 0) is 0 Å². The fraction of sp³-hybridized carbons (Fsp3) is 0. The number of aromatic nitrogens is 2. The molecular weight excluding hydrogens is 199 g/mol. The van der Waals surface area contributed by atoms with Crippen molar-refractivity contribution >= 4 is 26.5 Å². The zero-order valence-corrected chi connectivity index (χ0v) is 9.24. The number of hydrogen-bond acceptors (Lipinski definition) is 6. The number of nitrogen functional groups attached to an aromatic ring is 1. The maximum atomic E-state index is 10.4. The van der Waals surface area contributed by atoms with Crippen molar-refractivity contribution in [1.29, 1.82) is 0 Å². The molecule has 1 aromatic heterocycles. The van der Waals surface area contributed by atoms with Crippen LogP contribution in [0.15, 0.2) is 4.34 Å². The Labute approximate surface area is 89.3 Å². The summed E-state index contributed by atoms with van der Waals surface area (Å²) in [5, 5.41) is 12.9. The molecule has 0 bridgehead atoms. The SMILES string of the molecule is [NH-]S(=O)(=O)c1nnc(N)s1.[Na+]. The number of sulfonamides is 1. The van der Waals surface area contributed by atoms with E-state index < -0.39 is 10.0 Å². The molecular formula is C2H3N4NaO2S2. The Balaban J connectivity index is 0.000001000. The molecule has 0 atom stereocenters. The third-order valence-electron chi connectivity index (χ3n) is 0.652. The summed E-state index contributed by atoms with van der Waals surface area (Å²) in [6.45, 7) is 0. The number of nitrogens with two attached hydrogens (primary N) is 1. The standard InChI is InChI=1S/C2H3N4O2S2.Na/c3-1-5-6-2(9-1)10(4,7)8;/h(H3-,3,4,5,7,8);/q-1;+1. The van der Waals surface area contributed by atoms with Gasteiger partial charge < -0.3 is 10.9 Å². The molecule has 6 nitrogen and oxygen atoms in total. The van der Waals surface area contributed by atoms with E-state index in [-0.39, 0.29) is 39.0 Å². The number of nitrogens with zero attached hydrogens (tertiary/aromatic N) is 2. The van der Waals surface area contributed by atoms with Crippen LogP contribution in [-0.2, 0) is 10.0 Å². The predicted molar refractivity (Wildman–Crippen MR) is 35.8 cm³/mol. The van der Waals surface area contributed by atoms with Crippen molar-refractivity contribution in [3.05, 3.63) is 5.14 Å². The Morgan fingerprint density at radius 1 is 1.45 bits per heavy atom. The van der Waals surface area contributed by atoms with Crippen LogP contribution in [0.3, 0.4) is 0 Å². The quantitative estimate of drug-likeness (QED) is 0.484. The predicted octanol–water partition coefficient (Wildman–Crippen LogP) is -3.13. The zero-order valence-electron chi connectivity index (χ0n) is 5.60. The van der Waals surface area contributed by atoms with Gasteiger partial charge in [-0.3, -0.25) is 0 Å². The molecule has 0 aromatic carbocycles. The van der Waals surface area contributed by atoms with Gasteiger partial charge in [-0.25, -0.2) is 8.42 Å². The van der Waals surface area contributed by atoms with E-state index in [0.29, 0.717) is 11.3 Å². The molecule has 1 heterocycles. The molecule has 3 N–H and O–H groups in total. The maximum absolute atomic E-state index is 10.4. The average molecular weight is 202 g/mol. The van der Waals surface area contributed by atoms with E-state index in [1.54, 1.807) is 0 Å². The van der Waals surface area contributed by atoms with Crippen LogP contribution in [0.5, 0.6) is 0 Å². The van der Waals surface area contributed by atoms with E-state index in [0.717, 1.165) is 0 Å². The number of hydrogen-bond donors (Lipinski definition) is 1. The van der Waals surface area contributed by atoms with Crippen molar-refractivity contribution in [1.82, 2.24) is 10.2 Å². The van der Waals surface area contributed by atoms with Crippen LogP contribution in [0.25, 0.3) is 5.14 Å². The number of rotatable bonds is 1. The smallest absolute Gasteiger partial charge is 0.558 e. The topological polar surface area (TPSA) is 110 Å². The summed E-state index contributed by atoms with van der Waals surface area (Å²) in [5.41, 5.74) is 5.07. The molecule has 11 heavy (non-hydrogen) atoms. The minimum Gasteiger partial charge on any atom is -0.558 e. The van der Waals surface area contributed by atoms with E-state index >= 15 is 0 Å². The summed E-state index contributed by atoms with van der Waals surface area (Å²) < 4.78 is 20.4. The summed E-state index contributed by atoms with van der Waals surface area (Å²) in [6.07, 6.45) is 0. The van der Waals surface area contributed by atoms with Gasteiger partial charge >= 0.3 is 29.6 Å². The first-order valence-electron chi connectivity index (χ1n) is 2.09. The molecule has 0 saturated carbocycles. The monoisotopic (exact) mass is 202 g/mol. The summed E-state index contributed by atoms with van der Waals surface area (Å²) in [4.78, 5) is 0. The molecule has 1 rings (SSSR count). The molecule has 0 unspecified atom stereocenters. The van der Waals surface area contributed by atoms with E-state index in [1.807, 2.05) is 0 Å². The zero-order chi connectivity index (χ0) is 7.78. The van der Waals surface area contributed by atoms with Gasteiger partial charge in [0, 0.05) is 0 Å². The molecule has 0 radical (unpaired) electrons. The minimum absolute atomic E-state index is 0. The number of anilines is 1. The van der Waals surface area contributed by atoms with Gasteiger partial charge in [-0.2, -0.15) is 0 Å². The summed E-state index contributed by atoms with van der Waals surface area (Å²) >= 11 is 0.675. The van der Waals surface area contributed by atoms with Crippen molar-refractivity contribution in [2.45, 2.75) is 4.34 Å². The van der Waals surface area contributed by atoms with Crippen LogP contribution in [0.1, 0.15) is 0 Å². The van der Waals surface area contributed by atoms with E-state index in [4.69, 9.17) is 10.9 Å². The van der Waals surface area contributed by atoms with Crippen molar-refractivity contribution in [3.8, 4) is 0 Å². The number of nitrogens with one attached hydrogen (secondary N) is 1. The minimum atomic E-state index is -3.97. The molecule has 0 aliphatic rings. The molecule has 56 valence electrons. The normalized spacial score (nSPS) is 10.6. The van der Waals surface area contributed by atoms with Gasteiger partial charge in [0.15, 0.2) is 0 Å². The van der Waals surface area contributed by atoms with Crippen LogP contribution < -0.4 is 35.3 Å². The third-order valence-corrected chi connectivity index (χ3v) is 2.65. The van der Waals surface area contributed by atoms with Crippen LogP contribution >= 0.6 is 11.3 Å². The second-order valence-corrected chi connectivity index (χ2v) is 4.07. The Morgan fingerprint density at radius 2 is 2.00 bits per heavy atom. The summed E-state index contributed by atoms with van der Waals surface area (Å²) in [6, 6.07) is 0. The van der Waals surface area contributed by atoms with Crippen LogP contribution in [0.4, 0.5) is 5.13 Å². The van der Waals surface area contributed by atoms with Gasteiger partial charge in [0.05, 0.1) is 0 Å². The van der Waals surface area contributed by atoms with Gasteiger partial charge in [-0.1, -0.05) is 11.3 Å². The Kier molecular flexibility index (Phi) is 3.88. The van der Waals surface area contributed by atoms with Gasteiger partial charge in [0.25, 0.3) is 0 Å². The first-order valence-corrected chi connectivity index (χ1v) is 4.39. The second kappa shape index (κ2) is 3.78. The molecule has 0 aliphatic carbocycles. The van der Waals surface area contributed by atoms with Gasteiger partial charge in [-0.15, -0.1) is 10.2 Å². The van der Waals surface area contributed by atoms with Crippen molar-refractivity contribution in [3.63, 3.8) is 0 Å². The van der Waals surface area contributed by atoms with Crippen molar-refractivity contribution in [2.75, 3.05) is 5.73 Å². The molecule has 9 heteroatoms. The van der Waals surface area contributed by atoms with Crippen LogP contribution in [-0.4, -0.2) is 18.6 Å². The van der Waals surface area contributed by atoms with Crippen molar-refractivity contribution in [2.24, 2.45) is 0 Å². The average Bonchev–Trinajstić information content (AvgIpc) is 2.11. The fourth-order valence-corrected chi connectivity index (χ4v) is 1.51. The van der Waals surface area contributed by atoms with Crippen LogP contribution in [0, 0.1) is 0 Å². The third kappa shape index (κ3) is 3.01. The van der Waals surface area contributed by atoms with E-state index in [2.05, 4.69) is 10.2 Å². The van der Waals surface area contributed by atoms with E-state index in [1.165, 1.54) is 0 Å². The van der Waals surface area contributed by atoms with Crippen molar-refractivity contribution < 1.29 is 38.0 Å². The maximum Gasteiger partial charge on any atom is 1.00 e. The Hall–Kier alpha value is 0.270. The Morgan fingerprint density at radius 3 is 2.18 bits per heavy atom. The molecule has 0 spiro atoms. The van der Waals surface area contributed by atoms with Gasteiger partial charge in [0.2, 0.25) is 9.47 Å². The molecule has 1 aromatic rings.